The summed E-state index contributed by atoms with van der Waals surface area (Å²) in [6.07, 6.45) is 4.72. The van der Waals surface area contributed by atoms with Gasteiger partial charge in [0.15, 0.2) is 5.78 Å². The van der Waals surface area contributed by atoms with Crippen LogP contribution in [0.5, 0.6) is 0 Å². The van der Waals surface area contributed by atoms with Gasteiger partial charge in [-0.05, 0) is 37.8 Å². The van der Waals surface area contributed by atoms with Gasteiger partial charge in [-0.15, -0.1) is 0 Å². The van der Waals surface area contributed by atoms with E-state index in [4.69, 9.17) is 0 Å². The van der Waals surface area contributed by atoms with Crippen LogP contribution in [0.3, 0.4) is 0 Å². The van der Waals surface area contributed by atoms with Crippen molar-refractivity contribution in [3.63, 3.8) is 0 Å². The van der Waals surface area contributed by atoms with Gasteiger partial charge in [-0.25, -0.2) is 13.1 Å². The molecule has 0 radical (unpaired) electrons. The van der Waals surface area contributed by atoms with Gasteiger partial charge >= 0.3 is 0 Å². The Bertz CT molecular complexity index is 618. The summed E-state index contributed by atoms with van der Waals surface area (Å²) in [6.45, 7) is 4.27. The fourth-order valence-corrected chi connectivity index (χ4v) is 3.63. The highest BCUT2D eigenvalue weighted by molar-refractivity contribution is 7.89. The highest BCUT2D eigenvalue weighted by Gasteiger charge is 2.31. The van der Waals surface area contributed by atoms with Gasteiger partial charge in [-0.2, -0.15) is 0 Å². The Labute approximate surface area is 127 Å². The molecule has 5 heteroatoms. The molecule has 0 spiro atoms. The molecule has 1 aliphatic carbocycles. The summed E-state index contributed by atoms with van der Waals surface area (Å²) in [4.78, 5) is 12.3. The van der Waals surface area contributed by atoms with E-state index in [0.717, 1.165) is 32.1 Å². The Balaban J connectivity index is 2.16. The molecule has 1 aromatic carbocycles. The molecule has 0 unspecified atom stereocenters. The van der Waals surface area contributed by atoms with E-state index in [0.29, 0.717) is 17.7 Å². The molecule has 0 amide bonds. The Hall–Kier alpha value is -1.20. The molecule has 116 valence electrons. The van der Waals surface area contributed by atoms with E-state index in [2.05, 4.69) is 11.6 Å². The van der Waals surface area contributed by atoms with Gasteiger partial charge < -0.3 is 0 Å². The van der Waals surface area contributed by atoms with Crippen molar-refractivity contribution in [1.29, 1.82) is 0 Å². The monoisotopic (exact) mass is 309 g/mol. The first-order valence-corrected chi connectivity index (χ1v) is 9.08. The van der Waals surface area contributed by atoms with Crippen LogP contribution in [0.4, 0.5) is 0 Å². The third kappa shape index (κ3) is 4.14. The molecule has 0 aliphatic heterocycles. The van der Waals surface area contributed by atoms with Crippen LogP contribution in [0, 0.1) is 12.8 Å². The van der Waals surface area contributed by atoms with Gasteiger partial charge in [-0.3, -0.25) is 4.79 Å². The van der Waals surface area contributed by atoms with Crippen LogP contribution in [0.1, 0.15) is 54.9 Å². The lowest BCUT2D eigenvalue weighted by atomic mass is 10.1. The van der Waals surface area contributed by atoms with Crippen LogP contribution < -0.4 is 4.72 Å². The van der Waals surface area contributed by atoms with Crippen molar-refractivity contribution in [3.8, 4) is 0 Å². The maximum Gasteiger partial charge on any atom is 0.240 e. The fraction of sp³-hybridized carbons (Fsp3) is 0.562. The number of sulfonamides is 1. The van der Waals surface area contributed by atoms with Crippen LogP contribution in [0.25, 0.3) is 0 Å². The number of carbonyl (C=O) groups is 1. The van der Waals surface area contributed by atoms with E-state index in [1.165, 1.54) is 6.07 Å². The molecular weight excluding hydrogens is 286 g/mol. The van der Waals surface area contributed by atoms with Gasteiger partial charge in [0.1, 0.15) is 0 Å². The van der Waals surface area contributed by atoms with Crippen molar-refractivity contribution in [2.45, 2.75) is 50.8 Å². The Morgan fingerprint density at radius 1 is 1.29 bits per heavy atom. The summed E-state index contributed by atoms with van der Waals surface area (Å²) in [6, 6.07) is 4.97. The molecule has 1 aromatic rings. The summed E-state index contributed by atoms with van der Waals surface area (Å²) in [5, 5.41) is 0. The zero-order chi connectivity index (χ0) is 15.5. The Morgan fingerprint density at radius 3 is 2.62 bits per heavy atom. The lowest BCUT2D eigenvalue weighted by Crippen LogP contribution is -2.25. The Kier molecular flexibility index (Phi) is 5.17. The maximum atomic E-state index is 12.4. The van der Waals surface area contributed by atoms with Crippen LogP contribution in [-0.4, -0.2) is 20.7 Å². The second-order valence-electron chi connectivity index (χ2n) is 5.72. The fourth-order valence-electron chi connectivity index (χ4n) is 2.28. The molecule has 1 saturated carbocycles. The number of hydrogen-bond acceptors (Lipinski definition) is 3. The van der Waals surface area contributed by atoms with Crippen molar-refractivity contribution in [3.05, 3.63) is 29.3 Å². The molecule has 0 atom stereocenters. The van der Waals surface area contributed by atoms with Gasteiger partial charge in [-0.1, -0.05) is 31.9 Å². The number of aryl methyl sites for hydroxylation is 1. The largest absolute Gasteiger partial charge is 0.294 e. The maximum absolute atomic E-state index is 12.4. The number of nitrogens with one attached hydrogen (secondary N) is 1. The van der Waals surface area contributed by atoms with Crippen molar-refractivity contribution in [2.75, 3.05) is 6.54 Å². The first-order valence-electron chi connectivity index (χ1n) is 7.60. The third-order valence-electron chi connectivity index (χ3n) is 3.78. The van der Waals surface area contributed by atoms with E-state index in [9.17, 15) is 13.2 Å². The van der Waals surface area contributed by atoms with Crippen molar-refractivity contribution in [1.82, 2.24) is 4.72 Å². The molecule has 1 aliphatic rings. The predicted molar refractivity (Wildman–Crippen MR) is 82.9 cm³/mol. The quantitative estimate of drug-likeness (QED) is 0.593. The molecule has 0 bridgehead atoms. The first kappa shape index (κ1) is 16.2. The van der Waals surface area contributed by atoms with Gasteiger partial charge in [0.05, 0.1) is 4.90 Å². The summed E-state index contributed by atoms with van der Waals surface area (Å²) in [5.41, 5.74) is 1.18. The number of rotatable bonds is 8. The molecular formula is C16H23NO3S. The van der Waals surface area contributed by atoms with Crippen molar-refractivity contribution >= 4 is 15.8 Å². The number of hydrogen-bond donors (Lipinski definition) is 1. The molecule has 0 saturated heterocycles. The van der Waals surface area contributed by atoms with E-state index in [-0.39, 0.29) is 16.6 Å². The molecule has 4 nitrogen and oxygen atoms in total. The SMILES string of the molecule is CCCCCNS(=O)(=O)c1cc(C(=O)C2CC2)ccc1C. The number of benzene rings is 1. The highest BCUT2D eigenvalue weighted by Crippen LogP contribution is 2.33. The van der Waals surface area contributed by atoms with Crippen LogP contribution >= 0.6 is 0 Å². The van der Waals surface area contributed by atoms with Crippen LogP contribution in [-0.2, 0) is 10.0 Å². The minimum atomic E-state index is -3.53. The number of Topliss-reactive ketones (excluding diaryl/α,β-unsaturated/α-hetero) is 1. The van der Waals surface area contributed by atoms with Gasteiger partial charge in [0.2, 0.25) is 10.0 Å². The Morgan fingerprint density at radius 2 is 2.00 bits per heavy atom. The second-order valence-corrected chi connectivity index (χ2v) is 7.46. The molecule has 1 fully saturated rings. The second kappa shape index (κ2) is 6.71. The molecule has 0 heterocycles. The average Bonchev–Trinajstić information content (AvgIpc) is 3.28. The summed E-state index contributed by atoms with van der Waals surface area (Å²) in [7, 11) is -3.53. The minimum absolute atomic E-state index is 0.0671. The number of unbranched alkanes of at least 4 members (excludes halogenated alkanes) is 2. The summed E-state index contributed by atoms with van der Waals surface area (Å²) >= 11 is 0. The summed E-state index contributed by atoms with van der Waals surface area (Å²) in [5.74, 6) is 0.165. The number of carbonyl (C=O) groups excluding carboxylic acids is 1. The lowest BCUT2D eigenvalue weighted by Gasteiger charge is -2.10. The van der Waals surface area contributed by atoms with Crippen molar-refractivity contribution < 1.29 is 13.2 Å². The third-order valence-corrected chi connectivity index (χ3v) is 5.39. The zero-order valence-corrected chi connectivity index (χ0v) is 13.5. The van der Waals surface area contributed by atoms with E-state index >= 15 is 0 Å². The number of ketones is 1. The van der Waals surface area contributed by atoms with Crippen LogP contribution in [0.15, 0.2) is 23.1 Å². The molecule has 21 heavy (non-hydrogen) atoms. The van der Waals surface area contributed by atoms with Gasteiger partial charge in [0, 0.05) is 18.0 Å². The van der Waals surface area contributed by atoms with E-state index < -0.39 is 10.0 Å². The topological polar surface area (TPSA) is 63.2 Å². The standard InChI is InChI=1S/C16H23NO3S/c1-3-4-5-10-17-21(19,20)15-11-14(7-6-12(15)2)16(18)13-8-9-13/h6-7,11,13,17H,3-5,8-10H2,1-2H3. The normalized spacial score (nSPS) is 15.1. The van der Waals surface area contributed by atoms with Gasteiger partial charge in [0.25, 0.3) is 0 Å². The zero-order valence-electron chi connectivity index (χ0n) is 12.7. The summed E-state index contributed by atoms with van der Waals surface area (Å²) < 4.78 is 27.3. The van der Waals surface area contributed by atoms with E-state index in [1.807, 2.05) is 0 Å². The average molecular weight is 309 g/mol. The minimum Gasteiger partial charge on any atom is -0.294 e. The van der Waals surface area contributed by atoms with E-state index in [1.54, 1.807) is 19.1 Å². The smallest absolute Gasteiger partial charge is 0.240 e. The molecule has 2 rings (SSSR count). The highest BCUT2D eigenvalue weighted by atomic mass is 32.2. The predicted octanol–water partition coefficient (Wildman–Crippen LogP) is 3.06. The molecule has 1 N–H and O–H groups in total. The van der Waals surface area contributed by atoms with Crippen molar-refractivity contribution in [2.24, 2.45) is 5.92 Å². The molecule has 0 aromatic heterocycles. The van der Waals surface area contributed by atoms with Crippen LogP contribution in [0.2, 0.25) is 0 Å². The first-order chi connectivity index (χ1) is 9.95. The lowest BCUT2D eigenvalue weighted by molar-refractivity contribution is 0.0967.